The summed E-state index contributed by atoms with van der Waals surface area (Å²) in [5, 5.41) is 19.3. The van der Waals surface area contributed by atoms with E-state index in [0.717, 1.165) is 12.2 Å². The Hall–Kier alpha value is -2.08. The van der Waals surface area contributed by atoms with Gasteiger partial charge in [0.2, 0.25) is 0 Å². The summed E-state index contributed by atoms with van der Waals surface area (Å²) in [7, 11) is 0. The monoisotopic (exact) mass is 262 g/mol. The van der Waals surface area contributed by atoms with Crippen LogP contribution in [0.15, 0.2) is 16.5 Å². The zero-order valence-corrected chi connectivity index (χ0v) is 10.5. The van der Waals surface area contributed by atoms with Crippen molar-refractivity contribution in [1.29, 1.82) is 0 Å². The molecule has 0 spiro atoms. The van der Waals surface area contributed by atoms with Crippen molar-refractivity contribution < 1.29 is 19.4 Å². The Bertz CT molecular complexity index is 641. The summed E-state index contributed by atoms with van der Waals surface area (Å²) in [6.45, 7) is 1.80. The molecular formula is C13H14N2O4. The van der Waals surface area contributed by atoms with Gasteiger partial charge in [-0.1, -0.05) is 0 Å². The standard InChI is InChI=1S/C13H14N2O4/c1-7-5-6-9(19-7)12-14-11(13(17)18)8-3-2-4-10(16)15(8)12/h5-6,10,16H,2-4H2,1H3,(H,17,18). The predicted octanol–water partition coefficient (Wildman–Crippen LogP) is 1.98. The quantitative estimate of drug-likeness (QED) is 0.863. The number of hydrogen-bond donors (Lipinski definition) is 2. The number of aromatic carboxylic acids is 1. The van der Waals surface area contributed by atoms with Crippen LogP contribution in [0.3, 0.4) is 0 Å². The highest BCUT2D eigenvalue weighted by Gasteiger charge is 2.29. The molecule has 0 radical (unpaired) electrons. The van der Waals surface area contributed by atoms with Gasteiger partial charge in [-0.2, -0.15) is 0 Å². The Kier molecular flexibility index (Phi) is 2.67. The average molecular weight is 262 g/mol. The molecule has 100 valence electrons. The maximum atomic E-state index is 11.2. The van der Waals surface area contributed by atoms with Crippen LogP contribution in [-0.4, -0.2) is 25.7 Å². The first-order valence-corrected chi connectivity index (χ1v) is 6.17. The van der Waals surface area contributed by atoms with Gasteiger partial charge < -0.3 is 14.6 Å². The van der Waals surface area contributed by atoms with Crippen LogP contribution in [0.2, 0.25) is 0 Å². The van der Waals surface area contributed by atoms with E-state index in [4.69, 9.17) is 4.42 Å². The molecule has 1 aliphatic heterocycles. The van der Waals surface area contributed by atoms with Crippen molar-refractivity contribution in [2.45, 2.75) is 32.4 Å². The largest absolute Gasteiger partial charge is 0.476 e. The molecule has 6 heteroatoms. The fourth-order valence-electron chi connectivity index (χ4n) is 2.51. The van der Waals surface area contributed by atoms with Crippen molar-refractivity contribution >= 4 is 5.97 Å². The van der Waals surface area contributed by atoms with Crippen molar-refractivity contribution in [1.82, 2.24) is 9.55 Å². The van der Waals surface area contributed by atoms with Crippen molar-refractivity contribution in [3.63, 3.8) is 0 Å². The Labute approximate surface area is 109 Å². The molecule has 1 unspecified atom stereocenters. The van der Waals surface area contributed by atoms with E-state index in [2.05, 4.69) is 4.98 Å². The summed E-state index contributed by atoms with van der Waals surface area (Å²) in [6.07, 6.45) is 1.20. The second kappa shape index (κ2) is 4.24. The number of aliphatic hydroxyl groups is 1. The van der Waals surface area contributed by atoms with Crippen LogP contribution in [0, 0.1) is 6.92 Å². The van der Waals surface area contributed by atoms with E-state index in [1.807, 2.05) is 0 Å². The number of furan rings is 1. The number of carbonyl (C=O) groups is 1. The van der Waals surface area contributed by atoms with Gasteiger partial charge in [0.1, 0.15) is 12.0 Å². The van der Waals surface area contributed by atoms with Crippen LogP contribution in [0.5, 0.6) is 0 Å². The van der Waals surface area contributed by atoms with Gasteiger partial charge in [-0.25, -0.2) is 9.78 Å². The van der Waals surface area contributed by atoms with E-state index in [1.165, 1.54) is 0 Å². The lowest BCUT2D eigenvalue weighted by Crippen LogP contribution is -2.19. The highest BCUT2D eigenvalue weighted by molar-refractivity contribution is 5.87. The molecule has 1 atom stereocenters. The molecule has 2 aromatic rings. The first kappa shape index (κ1) is 12.0. The van der Waals surface area contributed by atoms with E-state index >= 15 is 0 Å². The average Bonchev–Trinajstić information content (AvgIpc) is 2.93. The minimum Gasteiger partial charge on any atom is -0.476 e. The van der Waals surface area contributed by atoms with Crippen LogP contribution >= 0.6 is 0 Å². The lowest BCUT2D eigenvalue weighted by Gasteiger charge is -2.22. The minimum atomic E-state index is -1.08. The van der Waals surface area contributed by atoms with E-state index < -0.39 is 12.2 Å². The molecule has 0 bridgehead atoms. The summed E-state index contributed by atoms with van der Waals surface area (Å²) in [5.41, 5.74) is 0.568. The number of nitrogens with zero attached hydrogens (tertiary/aromatic N) is 2. The third-order valence-electron chi connectivity index (χ3n) is 3.35. The van der Waals surface area contributed by atoms with Gasteiger partial charge in [-0.3, -0.25) is 4.57 Å². The highest BCUT2D eigenvalue weighted by Crippen LogP contribution is 2.32. The molecule has 0 fully saturated rings. The topological polar surface area (TPSA) is 88.5 Å². The van der Waals surface area contributed by atoms with Crippen LogP contribution < -0.4 is 0 Å². The third-order valence-corrected chi connectivity index (χ3v) is 3.35. The summed E-state index contributed by atoms with van der Waals surface area (Å²) in [6, 6.07) is 3.52. The summed E-state index contributed by atoms with van der Waals surface area (Å²) < 4.78 is 7.06. The van der Waals surface area contributed by atoms with E-state index in [1.54, 1.807) is 23.6 Å². The SMILES string of the molecule is Cc1ccc(-c2nc(C(=O)O)c3n2C(O)CCC3)o1. The normalized spacial score (nSPS) is 18.3. The lowest BCUT2D eigenvalue weighted by molar-refractivity contribution is 0.0678. The Morgan fingerprint density at radius 3 is 2.95 bits per heavy atom. The van der Waals surface area contributed by atoms with Crippen LogP contribution in [0.1, 0.15) is 41.0 Å². The number of rotatable bonds is 2. The molecule has 0 saturated carbocycles. The molecule has 2 aromatic heterocycles. The zero-order valence-electron chi connectivity index (χ0n) is 10.5. The molecule has 3 rings (SSSR count). The maximum Gasteiger partial charge on any atom is 0.356 e. The summed E-state index contributed by atoms with van der Waals surface area (Å²) in [4.78, 5) is 15.4. The first-order valence-electron chi connectivity index (χ1n) is 6.17. The van der Waals surface area contributed by atoms with E-state index in [-0.39, 0.29) is 5.69 Å². The number of aryl methyl sites for hydroxylation is 1. The van der Waals surface area contributed by atoms with Gasteiger partial charge in [0, 0.05) is 0 Å². The molecule has 2 N–H and O–H groups in total. The van der Waals surface area contributed by atoms with Gasteiger partial charge >= 0.3 is 5.97 Å². The Morgan fingerprint density at radius 1 is 1.53 bits per heavy atom. The molecule has 0 aliphatic carbocycles. The van der Waals surface area contributed by atoms with Gasteiger partial charge in [-0.15, -0.1) is 0 Å². The van der Waals surface area contributed by atoms with E-state index in [9.17, 15) is 15.0 Å². The summed E-state index contributed by atoms with van der Waals surface area (Å²) in [5.74, 6) is 0.502. The first-order chi connectivity index (χ1) is 9.08. The predicted molar refractivity (Wildman–Crippen MR) is 65.8 cm³/mol. The van der Waals surface area contributed by atoms with Gasteiger partial charge in [0.05, 0.1) is 5.69 Å². The van der Waals surface area contributed by atoms with Gasteiger partial charge in [-0.05, 0) is 38.3 Å². The Morgan fingerprint density at radius 2 is 2.32 bits per heavy atom. The fourth-order valence-corrected chi connectivity index (χ4v) is 2.51. The number of aromatic nitrogens is 2. The summed E-state index contributed by atoms with van der Waals surface area (Å²) >= 11 is 0. The van der Waals surface area contributed by atoms with Crippen molar-refractivity contribution in [3.8, 4) is 11.6 Å². The minimum absolute atomic E-state index is 0.00260. The van der Waals surface area contributed by atoms with Gasteiger partial charge in [0.25, 0.3) is 0 Å². The molecule has 6 nitrogen and oxygen atoms in total. The Balaban J connectivity index is 2.22. The van der Waals surface area contributed by atoms with Crippen LogP contribution in [-0.2, 0) is 6.42 Å². The van der Waals surface area contributed by atoms with Crippen molar-refractivity contribution in [3.05, 3.63) is 29.3 Å². The third kappa shape index (κ3) is 1.84. The van der Waals surface area contributed by atoms with Crippen molar-refractivity contribution in [2.75, 3.05) is 0 Å². The lowest BCUT2D eigenvalue weighted by atomic mass is 10.1. The van der Waals surface area contributed by atoms with E-state index in [0.29, 0.717) is 30.1 Å². The smallest absolute Gasteiger partial charge is 0.356 e. The second-order valence-corrected chi connectivity index (χ2v) is 4.69. The number of carboxylic acids is 1. The van der Waals surface area contributed by atoms with Crippen LogP contribution in [0.4, 0.5) is 0 Å². The molecule has 0 amide bonds. The maximum absolute atomic E-state index is 11.2. The number of fused-ring (bicyclic) bond motifs is 1. The molecule has 1 aliphatic rings. The molecule has 0 aromatic carbocycles. The second-order valence-electron chi connectivity index (χ2n) is 4.69. The molecule has 3 heterocycles. The molecule has 19 heavy (non-hydrogen) atoms. The van der Waals surface area contributed by atoms with Crippen LogP contribution in [0.25, 0.3) is 11.6 Å². The van der Waals surface area contributed by atoms with Gasteiger partial charge in [0.15, 0.2) is 17.3 Å². The number of aliphatic hydroxyl groups excluding tert-OH is 1. The number of hydrogen-bond acceptors (Lipinski definition) is 4. The highest BCUT2D eigenvalue weighted by atomic mass is 16.4. The van der Waals surface area contributed by atoms with Crippen molar-refractivity contribution in [2.24, 2.45) is 0 Å². The fraction of sp³-hybridized carbons (Fsp3) is 0.385. The number of imidazole rings is 1. The zero-order chi connectivity index (χ0) is 13.6. The molecule has 0 saturated heterocycles. The molecular weight excluding hydrogens is 248 g/mol. The number of carboxylic acid groups (broad SMARTS) is 1.